The minimum Gasteiger partial charge on any atom is -0.480 e. The number of carboxylic acid groups (broad SMARTS) is 1. The fourth-order valence-corrected chi connectivity index (χ4v) is 7.84. The molecule has 2 aromatic carbocycles. The summed E-state index contributed by atoms with van der Waals surface area (Å²) in [6.45, 7) is 0.225. The minimum absolute atomic E-state index is 0.0245. The number of nitrogens with one attached hydrogen (secondary N) is 1. The third-order valence-corrected chi connectivity index (χ3v) is 9.29. The number of carbonyl (C=O) groups excluding carboxylic acids is 2. The molecule has 2 bridgehead atoms. The molecule has 182 valence electrons. The molecule has 5 unspecified atom stereocenters. The number of hydrogen-bond donors (Lipinski definition) is 2. The van der Waals surface area contributed by atoms with Crippen molar-refractivity contribution in [2.45, 2.75) is 37.3 Å². The lowest BCUT2D eigenvalue weighted by Crippen LogP contribution is -2.53. The Labute approximate surface area is 208 Å². The second-order valence-corrected chi connectivity index (χ2v) is 11.0. The molecule has 8 heteroatoms. The summed E-state index contributed by atoms with van der Waals surface area (Å²) in [6, 6.07) is 15.3. The van der Waals surface area contributed by atoms with Gasteiger partial charge in [0, 0.05) is 17.7 Å². The average Bonchev–Trinajstić information content (AvgIpc) is 3.65. The number of benzene rings is 2. The van der Waals surface area contributed by atoms with E-state index in [0.29, 0.717) is 11.6 Å². The number of ether oxygens (including phenoxy) is 1. The molecular formula is C27H28N2O5S. The summed E-state index contributed by atoms with van der Waals surface area (Å²) in [7, 11) is 0. The molecule has 2 aromatic rings. The zero-order valence-corrected chi connectivity index (χ0v) is 20.1. The number of thioether (sulfide) groups is 1. The zero-order chi connectivity index (χ0) is 24.1. The van der Waals surface area contributed by atoms with Crippen LogP contribution in [0.1, 0.15) is 36.3 Å². The van der Waals surface area contributed by atoms with Gasteiger partial charge in [0.05, 0.1) is 11.8 Å². The van der Waals surface area contributed by atoms with E-state index in [0.717, 1.165) is 30.4 Å². The summed E-state index contributed by atoms with van der Waals surface area (Å²) < 4.78 is 5.75. The molecule has 0 spiro atoms. The predicted molar refractivity (Wildman–Crippen MR) is 132 cm³/mol. The number of amides is 2. The maximum Gasteiger partial charge on any atom is 0.407 e. The van der Waals surface area contributed by atoms with Gasteiger partial charge in [-0.15, -0.1) is 11.8 Å². The Bertz CT molecular complexity index is 1140. The number of hydrogen-bond acceptors (Lipinski definition) is 5. The first-order valence-electron chi connectivity index (χ1n) is 12.3. The fourth-order valence-electron chi connectivity index (χ4n) is 6.69. The predicted octanol–water partition coefficient (Wildman–Crippen LogP) is 3.93. The van der Waals surface area contributed by atoms with Crippen molar-refractivity contribution in [2.75, 3.05) is 18.2 Å². The van der Waals surface area contributed by atoms with Crippen LogP contribution in [0.4, 0.5) is 4.79 Å². The van der Waals surface area contributed by atoms with E-state index in [9.17, 15) is 19.5 Å². The highest BCUT2D eigenvalue weighted by Crippen LogP contribution is 2.50. The van der Waals surface area contributed by atoms with E-state index in [1.165, 1.54) is 27.8 Å². The Balaban J connectivity index is 1.15. The van der Waals surface area contributed by atoms with Crippen molar-refractivity contribution in [1.29, 1.82) is 0 Å². The highest BCUT2D eigenvalue weighted by Gasteiger charge is 2.54. The van der Waals surface area contributed by atoms with Crippen LogP contribution in [-0.4, -0.2) is 58.3 Å². The van der Waals surface area contributed by atoms with Crippen LogP contribution >= 0.6 is 11.8 Å². The second-order valence-electron chi connectivity index (χ2n) is 10.0. The summed E-state index contributed by atoms with van der Waals surface area (Å²) >= 11 is 1.46. The van der Waals surface area contributed by atoms with Crippen molar-refractivity contribution in [3.63, 3.8) is 0 Å². The normalized spacial score (nSPS) is 28.6. The standard InChI is InChI=1S/C27H28N2O5S/c30-25(29-14-35-13-22(29)26(31)32)23-15-9-10-16(11-15)24(23)28-27(33)34-12-21-19-7-3-1-5-17(19)18-6-2-4-8-20(18)21/h1-8,15-16,21-24H,9-14H2,(H,28,33)(H,31,32). The molecular weight excluding hydrogens is 464 g/mol. The second kappa shape index (κ2) is 8.90. The highest BCUT2D eigenvalue weighted by molar-refractivity contribution is 7.99. The Morgan fingerprint density at radius 1 is 1.00 bits per heavy atom. The van der Waals surface area contributed by atoms with E-state index >= 15 is 0 Å². The first-order chi connectivity index (χ1) is 17.0. The van der Waals surface area contributed by atoms with Crippen molar-refractivity contribution in [1.82, 2.24) is 10.2 Å². The van der Waals surface area contributed by atoms with Crippen molar-refractivity contribution in [2.24, 2.45) is 17.8 Å². The topological polar surface area (TPSA) is 95.9 Å². The highest BCUT2D eigenvalue weighted by atomic mass is 32.2. The van der Waals surface area contributed by atoms with E-state index in [1.54, 1.807) is 0 Å². The van der Waals surface area contributed by atoms with Gasteiger partial charge >= 0.3 is 12.1 Å². The monoisotopic (exact) mass is 492 g/mol. The number of rotatable bonds is 5. The zero-order valence-electron chi connectivity index (χ0n) is 19.3. The first-order valence-corrected chi connectivity index (χ1v) is 13.4. The number of carboxylic acids is 1. The van der Waals surface area contributed by atoms with Gasteiger partial charge in [0.1, 0.15) is 12.6 Å². The van der Waals surface area contributed by atoms with Gasteiger partial charge in [-0.05, 0) is 53.4 Å². The molecule has 0 aromatic heterocycles. The smallest absolute Gasteiger partial charge is 0.407 e. The van der Waals surface area contributed by atoms with E-state index in [1.807, 2.05) is 24.3 Å². The largest absolute Gasteiger partial charge is 0.480 e. The van der Waals surface area contributed by atoms with Crippen molar-refractivity contribution in [3.8, 4) is 11.1 Å². The molecule has 1 heterocycles. The number of fused-ring (bicyclic) bond motifs is 5. The van der Waals surface area contributed by atoms with Crippen LogP contribution in [-0.2, 0) is 14.3 Å². The quantitative estimate of drug-likeness (QED) is 0.657. The van der Waals surface area contributed by atoms with Crippen LogP contribution in [0.15, 0.2) is 48.5 Å². The van der Waals surface area contributed by atoms with Crippen LogP contribution in [0.5, 0.6) is 0 Å². The van der Waals surface area contributed by atoms with E-state index in [-0.39, 0.29) is 42.2 Å². The van der Waals surface area contributed by atoms with Gasteiger partial charge < -0.3 is 20.1 Å². The molecule has 2 N–H and O–H groups in total. The lowest BCUT2D eigenvalue weighted by atomic mass is 9.83. The SMILES string of the molecule is O=C(NC1C2CCC(C2)C1C(=O)N1CSCC1C(=O)O)OCC1c2ccccc2-c2ccccc21. The number of nitrogens with zero attached hydrogens (tertiary/aromatic N) is 1. The third kappa shape index (κ3) is 3.78. The van der Waals surface area contributed by atoms with Crippen molar-refractivity contribution in [3.05, 3.63) is 59.7 Å². The fraction of sp³-hybridized carbons (Fsp3) is 0.444. The molecule has 2 amide bonds. The van der Waals surface area contributed by atoms with Gasteiger partial charge in [-0.2, -0.15) is 0 Å². The van der Waals surface area contributed by atoms with E-state index in [2.05, 4.69) is 29.6 Å². The van der Waals surface area contributed by atoms with Crippen LogP contribution in [0.25, 0.3) is 11.1 Å². The summed E-state index contributed by atoms with van der Waals surface area (Å²) in [5.74, 6) is -0.294. The molecule has 5 atom stereocenters. The average molecular weight is 493 g/mol. The van der Waals surface area contributed by atoms with Gasteiger partial charge in [-0.1, -0.05) is 48.5 Å². The lowest BCUT2D eigenvalue weighted by molar-refractivity contribution is -0.150. The van der Waals surface area contributed by atoms with E-state index in [4.69, 9.17) is 4.74 Å². The van der Waals surface area contributed by atoms with Crippen LogP contribution in [0, 0.1) is 17.8 Å². The van der Waals surface area contributed by atoms with Gasteiger partial charge in [-0.3, -0.25) is 4.79 Å². The van der Waals surface area contributed by atoms with Crippen molar-refractivity contribution < 1.29 is 24.2 Å². The number of carbonyl (C=O) groups is 3. The minimum atomic E-state index is -0.965. The lowest BCUT2D eigenvalue weighted by Gasteiger charge is -2.34. The molecule has 3 aliphatic carbocycles. The number of aliphatic carboxylic acids is 1. The third-order valence-electron chi connectivity index (χ3n) is 8.28. The molecule has 7 nitrogen and oxygen atoms in total. The molecule has 0 radical (unpaired) electrons. The molecule has 3 fully saturated rings. The van der Waals surface area contributed by atoms with Crippen LogP contribution in [0.2, 0.25) is 0 Å². The van der Waals surface area contributed by atoms with Crippen LogP contribution in [0.3, 0.4) is 0 Å². The van der Waals surface area contributed by atoms with Crippen molar-refractivity contribution >= 4 is 29.7 Å². The van der Waals surface area contributed by atoms with Crippen LogP contribution < -0.4 is 5.32 Å². The molecule has 1 aliphatic heterocycles. The molecule has 6 rings (SSSR count). The van der Waals surface area contributed by atoms with Gasteiger partial charge in [0.25, 0.3) is 0 Å². The Kier molecular flexibility index (Phi) is 5.71. The van der Waals surface area contributed by atoms with Gasteiger partial charge in [0.2, 0.25) is 5.91 Å². The molecule has 35 heavy (non-hydrogen) atoms. The van der Waals surface area contributed by atoms with E-state index < -0.39 is 18.1 Å². The summed E-state index contributed by atoms with van der Waals surface area (Å²) in [6.07, 6.45) is 2.30. The summed E-state index contributed by atoms with van der Waals surface area (Å²) in [5, 5.41) is 12.6. The molecule has 2 saturated carbocycles. The Morgan fingerprint density at radius 3 is 2.34 bits per heavy atom. The Morgan fingerprint density at radius 2 is 1.66 bits per heavy atom. The Hall–Kier alpha value is -3.00. The maximum absolute atomic E-state index is 13.4. The molecule has 1 saturated heterocycles. The van der Waals surface area contributed by atoms with Gasteiger partial charge in [0.15, 0.2) is 0 Å². The molecule has 4 aliphatic rings. The first kappa shape index (κ1) is 22.5. The summed E-state index contributed by atoms with van der Waals surface area (Å²) in [5.41, 5.74) is 4.65. The maximum atomic E-state index is 13.4. The number of alkyl carbamates (subject to hydrolysis) is 1. The summed E-state index contributed by atoms with van der Waals surface area (Å²) in [4.78, 5) is 39.5. The van der Waals surface area contributed by atoms with Gasteiger partial charge in [-0.25, -0.2) is 9.59 Å².